The summed E-state index contributed by atoms with van der Waals surface area (Å²) in [6.45, 7) is 9.14. The van der Waals surface area contributed by atoms with Crippen LogP contribution in [0.25, 0.3) is 0 Å². The van der Waals surface area contributed by atoms with Crippen molar-refractivity contribution in [1.29, 1.82) is 0 Å². The average molecular weight is 762 g/mol. The third-order valence-electron chi connectivity index (χ3n) is 16.6. The standard InChI is InChI=1S/C46H75N5O4/c1-2-40(32-6-4-3-5-7-32)44(34-10-15-39(52)16-11-34)33-8-12-37(13-9-33)49-24-20-31(21-25-49)29-47-36-22-26-50(27-23-36)38-14-17-41-35(28-38)30-51(46(41)55)42-18-19-43(53)48-45(42)54/h31-39,41-42,47,52H,2-30H2,1H3,(H,48,53,54)/b44-40+. The van der Waals surface area contributed by atoms with Gasteiger partial charge in [-0.25, -0.2) is 0 Å². The lowest BCUT2D eigenvalue weighted by Crippen LogP contribution is -2.53. The fourth-order valence-electron chi connectivity index (χ4n) is 13.4. The van der Waals surface area contributed by atoms with Crippen LogP contribution in [0.4, 0.5) is 0 Å². The molecule has 3 amide bonds. The van der Waals surface area contributed by atoms with Gasteiger partial charge in [0, 0.05) is 37.0 Å². The van der Waals surface area contributed by atoms with Gasteiger partial charge in [-0.3, -0.25) is 19.7 Å². The summed E-state index contributed by atoms with van der Waals surface area (Å²) in [6.07, 6.45) is 27.2. The number of allylic oxidation sites excluding steroid dienone is 2. The smallest absolute Gasteiger partial charge is 0.249 e. The van der Waals surface area contributed by atoms with Gasteiger partial charge in [-0.15, -0.1) is 0 Å². The van der Waals surface area contributed by atoms with Gasteiger partial charge in [-0.05, 0) is 184 Å². The zero-order valence-corrected chi connectivity index (χ0v) is 34.4. The molecule has 4 aliphatic carbocycles. The van der Waals surface area contributed by atoms with Crippen LogP contribution in [0.2, 0.25) is 0 Å². The Morgan fingerprint density at radius 3 is 2.02 bits per heavy atom. The minimum Gasteiger partial charge on any atom is -0.393 e. The zero-order chi connectivity index (χ0) is 37.9. The van der Waals surface area contributed by atoms with Crippen molar-refractivity contribution >= 4 is 17.7 Å². The molecule has 4 aliphatic heterocycles. The Morgan fingerprint density at radius 1 is 0.709 bits per heavy atom. The highest BCUT2D eigenvalue weighted by Crippen LogP contribution is 2.46. The summed E-state index contributed by atoms with van der Waals surface area (Å²) in [5, 5.41) is 16.8. The summed E-state index contributed by atoms with van der Waals surface area (Å²) in [5.74, 6) is 3.19. The highest BCUT2D eigenvalue weighted by atomic mass is 16.3. The number of carbonyl (C=O) groups excluding carboxylic acids is 3. The van der Waals surface area contributed by atoms with E-state index in [1.54, 1.807) is 0 Å². The van der Waals surface area contributed by atoms with Gasteiger partial charge >= 0.3 is 0 Å². The molecule has 9 nitrogen and oxygen atoms in total. The maximum atomic E-state index is 13.3. The van der Waals surface area contributed by atoms with E-state index in [0.717, 1.165) is 74.9 Å². The van der Waals surface area contributed by atoms with Crippen LogP contribution in [0.5, 0.6) is 0 Å². The molecule has 0 radical (unpaired) electrons. The number of nitrogens with one attached hydrogen (secondary N) is 2. The third-order valence-corrected chi connectivity index (χ3v) is 16.6. The number of aliphatic hydroxyl groups excluding tert-OH is 1. The van der Waals surface area contributed by atoms with E-state index in [-0.39, 0.29) is 29.7 Å². The largest absolute Gasteiger partial charge is 0.393 e. The van der Waals surface area contributed by atoms with Crippen molar-refractivity contribution in [2.24, 2.45) is 35.5 Å². The van der Waals surface area contributed by atoms with Crippen LogP contribution in [-0.2, 0) is 14.4 Å². The van der Waals surface area contributed by atoms with E-state index < -0.39 is 6.04 Å². The summed E-state index contributed by atoms with van der Waals surface area (Å²) in [6, 6.07) is 1.48. The maximum absolute atomic E-state index is 13.3. The van der Waals surface area contributed by atoms with Gasteiger partial charge < -0.3 is 25.1 Å². The Labute approximate surface area is 332 Å². The lowest BCUT2D eigenvalue weighted by Gasteiger charge is -2.44. The topological polar surface area (TPSA) is 105 Å². The van der Waals surface area contributed by atoms with Crippen molar-refractivity contribution in [2.45, 2.75) is 185 Å². The summed E-state index contributed by atoms with van der Waals surface area (Å²) in [4.78, 5) is 44.9. The second-order valence-corrected chi connectivity index (χ2v) is 19.7. The van der Waals surface area contributed by atoms with E-state index in [1.807, 2.05) is 16.0 Å². The van der Waals surface area contributed by atoms with E-state index in [2.05, 4.69) is 27.4 Å². The minimum absolute atomic E-state index is 0.0557. The summed E-state index contributed by atoms with van der Waals surface area (Å²) in [5.41, 5.74) is 3.78. The van der Waals surface area contributed by atoms with Gasteiger partial charge in [0.15, 0.2) is 0 Å². The van der Waals surface area contributed by atoms with Crippen LogP contribution in [0.1, 0.15) is 155 Å². The SMILES string of the molecule is CC/C(=C(\C1CCC(O)CC1)C1CCC(N2CCC(CNC3CCN(C4CCC5C(=O)N(C6CCC(=O)NC6=O)CC5C4)CC3)CC2)CC1)C1CCCCC1. The van der Waals surface area contributed by atoms with Crippen LogP contribution in [0.15, 0.2) is 11.1 Å². The number of hydrogen-bond donors (Lipinski definition) is 3. The first-order chi connectivity index (χ1) is 26.8. The van der Waals surface area contributed by atoms with Crippen LogP contribution in [0.3, 0.4) is 0 Å². The van der Waals surface area contributed by atoms with Crippen molar-refractivity contribution in [2.75, 3.05) is 39.3 Å². The number of piperidine rings is 3. The highest BCUT2D eigenvalue weighted by molar-refractivity contribution is 6.02. The third kappa shape index (κ3) is 9.25. The second-order valence-electron chi connectivity index (χ2n) is 19.7. The Kier molecular flexibility index (Phi) is 13.4. The van der Waals surface area contributed by atoms with E-state index in [0.29, 0.717) is 37.4 Å². The van der Waals surface area contributed by atoms with Crippen LogP contribution in [-0.4, -0.2) is 107 Å². The molecule has 0 spiro atoms. The number of amides is 3. The molecule has 55 heavy (non-hydrogen) atoms. The van der Waals surface area contributed by atoms with Crippen LogP contribution in [0, 0.1) is 35.5 Å². The molecule has 8 fully saturated rings. The van der Waals surface area contributed by atoms with Crippen molar-refractivity contribution in [1.82, 2.24) is 25.3 Å². The first-order valence-corrected chi connectivity index (χ1v) is 23.6. The van der Waals surface area contributed by atoms with Gasteiger partial charge in [0.05, 0.1) is 6.10 Å². The molecule has 4 saturated carbocycles. The maximum Gasteiger partial charge on any atom is 0.249 e. The number of imide groups is 1. The Bertz CT molecular complexity index is 1350. The second kappa shape index (κ2) is 18.4. The minimum atomic E-state index is -0.465. The lowest BCUT2D eigenvalue weighted by molar-refractivity contribution is -0.144. The van der Waals surface area contributed by atoms with Crippen molar-refractivity contribution in [3.8, 4) is 0 Å². The van der Waals surface area contributed by atoms with E-state index >= 15 is 0 Å². The Balaban J connectivity index is 0.748. The molecule has 4 heterocycles. The fraction of sp³-hybridized carbons (Fsp3) is 0.891. The number of aliphatic hydroxyl groups is 1. The first-order valence-electron chi connectivity index (χ1n) is 23.6. The number of rotatable bonds is 10. The van der Waals surface area contributed by atoms with Crippen molar-refractivity contribution in [3.05, 3.63) is 11.1 Å². The number of fused-ring (bicyclic) bond motifs is 1. The lowest BCUT2D eigenvalue weighted by atomic mass is 9.67. The summed E-state index contributed by atoms with van der Waals surface area (Å²) < 4.78 is 0. The molecule has 8 rings (SSSR count). The predicted molar refractivity (Wildman–Crippen MR) is 217 cm³/mol. The van der Waals surface area contributed by atoms with E-state index in [1.165, 1.54) is 122 Å². The molecule has 8 aliphatic rings. The number of likely N-dealkylation sites (tertiary alicyclic amines) is 3. The molecule has 308 valence electrons. The highest BCUT2D eigenvalue weighted by Gasteiger charge is 2.49. The number of carbonyl (C=O) groups is 3. The average Bonchev–Trinajstić information content (AvgIpc) is 3.55. The van der Waals surface area contributed by atoms with Gasteiger partial charge in [0.2, 0.25) is 17.7 Å². The molecule has 3 N–H and O–H groups in total. The first kappa shape index (κ1) is 40.0. The van der Waals surface area contributed by atoms with Crippen molar-refractivity contribution in [3.63, 3.8) is 0 Å². The van der Waals surface area contributed by atoms with Crippen LogP contribution >= 0.6 is 0 Å². The molecule has 0 aromatic heterocycles. The predicted octanol–water partition coefficient (Wildman–Crippen LogP) is 6.58. The molecule has 9 heteroatoms. The van der Waals surface area contributed by atoms with E-state index in [9.17, 15) is 19.5 Å². The van der Waals surface area contributed by atoms with Gasteiger partial charge in [-0.1, -0.05) is 37.3 Å². The number of hydrogen-bond acceptors (Lipinski definition) is 7. The zero-order valence-electron chi connectivity index (χ0n) is 34.4. The molecule has 4 atom stereocenters. The molecule has 4 unspecified atom stereocenters. The molecule has 0 aromatic carbocycles. The molecule has 0 aromatic rings. The summed E-state index contributed by atoms with van der Waals surface area (Å²) >= 11 is 0. The quantitative estimate of drug-likeness (QED) is 0.171. The Hall–Kier alpha value is -1.81. The van der Waals surface area contributed by atoms with Gasteiger partial charge in [0.25, 0.3) is 0 Å². The summed E-state index contributed by atoms with van der Waals surface area (Å²) in [7, 11) is 0. The number of nitrogens with zero attached hydrogens (tertiary/aromatic N) is 3. The fourth-order valence-corrected chi connectivity index (χ4v) is 13.4. The molecular weight excluding hydrogens is 687 g/mol. The molecular formula is C46H75N5O4. The normalized spacial score (nSPS) is 37.5. The Morgan fingerprint density at radius 2 is 1.35 bits per heavy atom. The monoisotopic (exact) mass is 762 g/mol. The van der Waals surface area contributed by atoms with E-state index in [4.69, 9.17) is 0 Å². The van der Waals surface area contributed by atoms with Gasteiger partial charge in [-0.2, -0.15) is 0 Å². The van der Waals surface area contributed by atoms with Gasteiger partial charge in [0.1, 0.15) is 6.04 Å². The van der Waals surface area contributed by atoms with Crippen molar-refractivity contribution < 1.29 is 19.5 Å². The molecule has 0 bridgehead atoms. The van der Waals surface area contributed by atoms with Crippen LogP contribution < -0.4 is 10.6 Å². The molecule has 4 saturated heterocycles.